The number of halogens is 2. The lowest BCUT2D eigenvalue weighted by Gasteiger charge is -2.07. The Bertz CT molecular complexity index is 1380. The van der Waals surface area contributed by atoms with Crippen LogP contribution in [0.4, 0.5) is 14.5 Å². The zero-order valence-corrected chi connectivity index (χ0v) is 15.4. The number of ketones is 1. The van der Waals surface area contributed by atoms with E-state index in [1.807, 2.05) is 12.1 Å². The highest BCUT2D eigenvalue weighted by molar-refractivity contribution is 6.16. The standard InChI is InChI=1S/C22H14F2N4O2/c23-16-3-4-17(25)19(24)18(16)20(29)15-9-27-21-14(15)6-12(8-26-21)10-1-2-11-7-28-22(30)13(11)5-10/h1-6,8-9H,7,25H2,(H,26,27)(H,28,30). The van der Waals surface area contributed by atoms with Gasteiger partial charge in [0.05, 0.1) is 11.3 Å². The summed E-state index contributed by atoms with van der Waals surface area (Å²) >= 11 is 0. The molecule has 1 aliphatic heterocycles. The third-order valence-electron chi connectivity index (χ3n) is 5.25. The summed E-state index contributed by atoms with van der Waals surface area (Å²) in [7, 11) is 0. The Morgan fingerprint density at radius 1 is 1.10 bits per heavy atom. The second-order valence-corrected chi connectivity index (χ2v) is 7.03. The van der Waals surface area contributed by atoms with Crippen LogP contribution < -0.4 is 11.1 Å². The highest BCUT2D eigenvalue weighted by atomic mass is 19.1. The van der Waals surface area contributed by atoms with Gasteiger partial charge in [-0.25, -0.2) is 13.8 Å². The molecular weight excluding hydrogens is 390 g/mol. The Morgan fingerprint density at radius 3 is 2.77 bits per heavy atom. The summed E-state index contributed by atoms with van der Waals surface area (Å²) < 4.78 is 28.6. The molecule has 8 heteroatoms. The first-order valence-corrected chi connectivity index (χ1v) is 9.11. The molecule has 4 N–H and O–H groups in total. The number of aromatic nitrogens is 2. The van der Waals surface area contributed by atoms with E-state index in [-0.39, 0.29) is 17.2 Å². The van der Waals surface area contributed by atoms with Gasteiger partial charge in [-0.05, 0) is 35.4 Å². The van der Waals surface area contributed by atoms with Gasteiger partial charge in [0, 0.05) is 41.0 Å². The third kappa shape index (κ3) is 2.65. The van der Waals surface area contributed by atoms with Crippen molar-refractivity contribution in [3.63, 3.8) is 0 Å². The van der Waals surface area contributed by atoms with Crippen LogP contribution in [0.25, 0.3) is 22.2 Å². The van der Waals surface area contributed by atoms with Gasteiger partial charge in [-0.2, -0.15) is 0 Å². The van der Waals surface area contributed by atoms with Crippen molar-refractivity contribution in [3.05, 3.63) is 82.7 Å². The number of carbonyl (C=O) groups is 2. The molecule has 0 bridgehead atoms. The van der Waals surface area contributed by atoms with E-state index < -0.39 is 23.0 Å². The van der Waals surface area contributed by atoms with Crippen LogP contribution in [0.3, 0.4) is 0 Å². The van der Waals surface area contributed by atoms with E-state index in [1.165, 1.54) is 6.20 Å². The number of nitrogens with zero attached hydrogens (tertiary/aromatic N) is 1. The summed E-state index contributed by atoms with van der Waals surface area (Å²) in [5.41, 5.74) is 7.83. The number of aromatic amines is 1. The van der Waals surface area contributed by atoms with Crippen molar-refractivity contribution in [2.24, 2.45) is 0 Å². The first-order chi connectivity index (χ1) is 14.4. The number of nitrogens with one attached hydrogen (secondary N) is 2. The monoisotopic (exact) mass is 404 g/mol. The average molecular weight is 404 g/mol. The Kier molecular flexibility index (Phi) is 3.89. The van der Waals surface area contributed by atoms with E-state index in [4.69, 9.17) is 5.73 Å². The fraction of sp³-hybridized carbons (Fsp3) is 0.0455. The lowest BCUT2D eigenvalue weighted by atomic mass is 9.98. The van der Waals surface area contributed by atoms with Gasteiger partial charge in [0.1, 0.15) is 11.5 Å². The molecule has 0 atom stereocenters. The normalized spacial score (nSPS) is 12.8. The number of anilines is 1. The smallest absolute Gasteiger partial charge is 0.251 e. The number of benzene rings is 2. The number of hydrogen-bond donors (Lipinski definition) is 3. The molecule has 148 valence electrons. The highest BCUT2D eigenvalue weighted by Gasteiger charge is 2.24. The van der Waals surface area contributed by atoms with Crippen molar-refractivity contribution in [3.8, 4) is 11.1 Å². The number of amides is 1. The second-order valence-electron chi connectivity index (χ2n) is 7.03. The minimum atomic E-state index is -1.09. The van der Waals surface area contributed by atoms with E-state index in [9.17, 15) is 18.4 Å². The molecule has 0 aliphatic carbocycles. The fourth-order valence-corrected chi connectivity index (χ4v) is 3.65. The second kappa shape index (κ2) is 6.48. The summed E-state index contributed by atoms with van der Waals surface area (Å²) in [5, 5.41) is 3.17. The number of hydrogen-bond acceptors (Lipinski definition) is 4. The molecule has 0 fully saturated rings. The lowest BCUT2D eigenvalue weighted by Crippen LogP contribution is -2.12. The van der Waals surface area contributed by atoms with Crippen molar-refractivity contribution < 1.29 is 18.4 Å². The maximum atomic E-state index is 14.4. The largest absolute Gasteiger partial charge is 0.396 e. The van der Waals surface area contributed by atoms with Gasteiger partial charge in [-0.15, -0.1) is 0 Å². The van der Waals surface area contributed by atoms with Gasteiger partial charge in [0.25, 0.3) is 5.91 Å². The number of H-pyrrole nitrogens is 1. The van der Waals surface area contributed by atoms with E-state index in [0.717, 1.165) is 23.3 Å². The molecule has 30 heavy (non-hydrogen) atoms. The third-order valence-corrected chi connectivity index (χ3v) is 5.25. The summed E-state index contributed by atoms with van der Waals surface area (Å²) in [6.07, 6.45) is 2.96. The Balaban J connectivity index is 1.63. The number of carbonyl (C=O) groups excluding carboxylic acids is 2. The van der Waals surface area contributed by atoms with Gasteiger partial charge in [0.15, 0.2) is 5.82 Å². The van der Waals surface area contributed by atoms with Gasteiger partial charge >= 0.3 is 0 Å². The van der Waals surface area contributed by atoms with Crippen LogP contribution in [0, 0.1) is 11.6 Å². The van der Waals surface area contributed by atoms with E-state index >= 15 is 0 Å². The van der Waals surface area contributed by atoms with Crippen LogP contribution in [0.1, 0.15) is 31.8 Å². The molecule has 0 spiro atoms. The predicted molar refractivity (Wildman–Crippen MR) is 107 cm³/mol. The predicted octanol–water partition coefficient (Wildman–Crippen LogP) is 3.56. The quantitative estimate of drug-likeness (QED) is 0.359. The van der Waals surface area contributed by atoms with Crippen LogP contribution >= 0.6 is 0 Å². The van der Waals surface area contributed by atoms with Gasteiger partial charge in [-0.1, -0.05) is 12.1 Å². The Hall–Kier alpha value is -4.07. The lowest BCUT2D eigenvalue weighted by molar-refractivity contribution is 0.0964. The molecular formula is C22H14F2N4O2. The Morgan fingerprint density at radius 2 is 1.93 bits per heavy atom. The zero-order chi connectivity index (χ0) is 21.0. The summed E-state index contributed by atoms with van der Waals surface area (Å²) in [4.78, 5) is 32.0. The molecule has 0 unspecified atom stereocenters. The molecule has 0 radical (unpaired) electrons. The van der Waals surface area contributed by atoms with Gasteiger partial charge in [-0.3, -0.25) is 9.59 Å². The maximum Gasteiger partial charge on any atom is 0.251 e. The fourth-order valence-electron chi connectivity index (χ4n) is 3.65. The van der Waals surface area contributed by atoms with E-state index in [0.29, 0.717) is 28.7 Å². The average Bonchev–Trinajstić information content (AvgIpc) is 3.34. The number of nitrogens with two attached hydrogens (primary N) is 1. The summed E-state index contributed by atoms with van der Waals surface area (Å²) in [6, 6.07) is 9.19. The SMILES string of the molecule is Nc1ccc(F)c(C(=O)c2c[nH]c3ncc(-c4ccc5c(c4)C(=O)NC5)cc23)c1F. The van der Waals surface area contributed by atoms with Gasteiger partial charge < -0.3 is 16.0 Å². The van der Waals surface area contributed by atoms with E-state index in [1.54, 1.807) is 18.3 Å². The van der Waals surface area contributed by atoms with E-state index in [2.05, 4.69) is 15.3 Å². The van der Waals surface area contributed by atoms with Crippen molar-refractivity contribution in [1.29, 1.82) is 0 Å². The zero-order valence-electron chi connectivity index (χ0n) is 15.4. The first-order valence-electron chi connectivity index (χ1n) is 9.11. The van der Waals surface area contributed by atoms with Crippen LogP contribution in [0.15, 0.2) is 48.8 Å². The molecule has 0 saturated heterocycles. The Labute approximate surface area is 168 Å². The van der Waals surface area contributed by atoms with Crippen LogP contribution in [-0.2, 0) is 6.54 Å². The van der Waals surface area contributed by atoms with Crippen LogP contribution in [0.2, 0.25) is 0 Å². The molecule has 2 aromatic heterocycles. The summed E-state index contributed by atoms with van der Waals surface area (Å²) in [5.74, 6) is -3.07. The minimum absolute atomic E-state index is 0.0710. The summed E-state index contributed by atoms with van der Waals surface area (Å²) in [6.45, 7) is 0.486. The van der Waals surface area contributed by atoms with Crippen molar-refractivity contribution in [2.75, 3.05) is 5.73 Å². The molecule has 6 nitrogen and oxygen atoms in total. The molecule has 5 rings (SSSR count). The minimum Gasteiger partial charge on any atom is -0.396 e. The topological polar surface area (TPSA) is 101 Å². The molecule has 1 amide bonds. The van der Waals surface area contributed by atoms with Crippen molar-refractivity contribution in [2.45, 2.75) is 6.54 Å². The molecule has 1 aliphatic rings. The number of fused-ring (bicyclic) bond motifs is 2. The molecule has 0 saturated carbocycles. The molecule has 2 aromatic carbocycles. The van der Waals surface area contributed by atoms with Crippen LogP contribution in [0.5, 0.6) is 0 Å². The number of nitrogen functional groups attached to an aromatic ring is 1. The highest BCUT2D eigenvalue weighted by Crippen LogP contribution is 2.30. The van der Waals surface area contributed by atoms with Crippen molar-refractivity contribution >= 4 is 28.4 Å². The van der Waals surface area contributed by atoms with Crippen LogP contribution in [-0.4, -0.2) is 21.7 Å². The van der Waals surface area contributed by atoms with Gasteiger partial charge in [0.2, 0.25) is 5.78 Å². The first kappa shape index (κ1) is 18.0. The maximum absolute atomic E-state index is 14.4. The molecule has 3 heterocycles. The number of rotatable bonds is 3. The van der Waals surface area contributed by atoms with Crippen molar-refractivity contribution in [1.82, 2.24) is 15.3 Å². The number of pyridine rings is 1. The molecule has 4 aromatic rings.